The minimum absolute atomic E-state index is 0.0170. The maximum absolute atomic E-state index is 13.7. The Labute approximate surface area is 217 Å². The minimum atomic E-state index is -0.0678. The summed E-state index contributed by atoms with van der Waals surface area (Å²) in [5.41, 5.74) is 8.96. The van der Waals surface area contributed by atoms with Crippen LogP contribution in [0, 0.1) is 6.92 Å². The van der Waals surface area contributed by atoms with Crippen LogP contribution in [0.2, 0.25) is 0 Å². The monoisotopic (exact) mass is 486 g/mol. The molecule has 0 unspecified atom stereocenters. The summed E-state index contributed by atoms with van der Waals surface area (Å²) >= 11 is 0. The van der Waals surface area contributed by atoms with Crippen LogP contribution in [0.5, 0.6) is 0 Å². The lowest BCUT2D eigenvalue weighted by Gasteiger charge is -2.26. The molecule has 5 heteroatoms. The van der Waals surface area contributed by atoms with Gasteiger partial charge in [-0.25, -0.2) is 9.67 Å². The fourth-order valence-corrected chi connectivity index (χ4v) is 5.44. The molecule has 3 aromatic carbocycles. The lowest BCUT2D eigenvalue weighted by atomic mass is 9.87. The summed E-state index contributed by atoms with van der Waals surface area (Å²) in [5, 5.41) is 8.85. The van der Waals surface area contributed by atoms with Gasteiger partial charge in [0.05, 0.1) is 40.4 Å². The maximum Gasteiger partial charge on any atom is 0.252 e. The van der Waals surface area contributed by atoms with Crippen LogP contribution in [-0.4, -0.2) is 20.7 Å². The van der Waals surface area contributed by atoms with Crippen LogP contribution in [-0.2, 0) is 12.8 Å². The first-order valence-corrected chi connectivity index (χ1v) is 13.0. The number of benzene rings is 3. The summed E-state index contributed by atoms with van der Waals surface area (Å²) in [6, 6.07) is 26.7. The van der Waals surface area contributed by atoms with Crippen molar-refractivity contribution >= 4 is 16.8 Å². The summed E-state index contributed by atoms with van der Waals surface area (Å²) < 4.78 is 1.93. The Morgan fingerprint density at radius 1 is 1.03 bits per heavy atom. The molecule has 184 valence electrons. The van der Waals surface area contributed by atoms with Gasteiger partial charge < -0.3 is 5.32 Å². The average Bonchev–Trinajstić information content (AvgIpc) is 3.33. The molecule has 5 nitrogen and oxygen atoms in total. The van der Waals surface area contributed by atoms with Crippen LogP contribution in [0.3, 0.4) is 0 Å². The number of hydrogen-bond acceptors (Lipinski definition) is 3. The standard InChI is InChI=1S/C32H30N4O/c1-3-22-15-17-24(18-16-22)36-21(2)28(20-33-36)31-19-27(26-12-6-7-13-30(26)34-31)32(37)35-29-14-8-10-23-9-4-5-11-25(23)29/h4-7,9,11-13,15-20,29H,3,8,10,14H2,1-2H3,(H,35,37)/t29-/m0/s1. The van der Waals surface area contributed by atoms with Gasteiger partial charge in [0.2, 0.25) is 0 Å². The van der Waals surface area contributed by atoms with Gasteiger partial charge in [-0.3, -0.25) is 4.79 Å². The Balaban J connectivity index is 1.38. The first kappa shape index (κ1) is 23.2. The molecular weight excluding hydrogens is 456 g/mol. The third-order valence-electron chi connectivity index (χ3n) is 7.51. The largest absolute Gasteiger partial charge is 0.345 e. The van der Waals surface area contributed by atoms with Crippen molar-refractivity contribution in [1.82, 2.24) is 20.1 Å². The van der Waals surface area contributed by atoms with E-state index in [-0.39, 0.29) is 11.9 Å². The van der Waals surface area contributed by atoms with Crippen LogP contribution in [0.15, 0.2) is 85.1 Å². The number of aryl methyl sites for hydroxylation is 2. The number of amides is 1. The van der Waals surface area contributed by atoms with Gasteiger partial charge in [0.15, 0.2) is 0 Å². The first-order valence-electron chi connectivity index (χ1n) is 13.0. The predicted octanol–water partition coefficient (Wildman–Crippen LogP) is 6.77. The quantitative estimate of drug-likeness (QED) is 0.298. The topological polar surface area (TPSA) is 59.8 Å². The Bertz CT molecular complexity index is 1600. The lowest BCUT2D eigenvalue weighted by Crippen LogP contribution is -2.31. The molecule has 6 rings (SSSR count). The van der Waals surface area contributed by atoms with Crippen molar-refractivity contribution in [3.05, 3.63) is 113 Å². The lowest BCUT2D eigenvalue weighted by molar-refractivity contribution is 0.0934. The molecule has 2 heterocycles. The normalized spacial score (nSPS) is 14.9. The molecule has 0 spiro atoms. The number of hydrogen-bond donors (Lipinski definition) is 1. The Morgan fingerprint density at radius 3 is 2.65 bits per heavy atom. The van der Waals surface area contributed by atoms with Gasteiger partial charge in [0.25, 0.3) is 5.91 Å². The summed E-state index contributed by atoms with van der Waals surface area (Å²) in [5.74, 6) is -0.0678. The molecule has 0 saturated heterocycles. The highest BCUT2D eigenvalue weighted by molar-refractivity contribution is 6.07. The molecule has 1 aliphatic rings. The average molecular weight is 487 g/mol. The van der Waals surface area contributed by atoms with Gasteiger partial charge in [-0.15, -0.1) is 0 Å². The number of carbonyl (C=O) groups excluding carboxylic acids is 1. The molecule has 1 amide bonds. The molecule has 0 aliphatic heterocycles. The number of fused-ring (bicyclic) bond motifs is 2. The molecule has 0 radical (unpaired) electrons. The van der Waals surface area contributed by atoms with E-state index in [1.165, 1.54) is 16.7 Å². The van der Waals surface area contributed by atoms with Crippen LogP contribution >= 0.6 is 0 Å². The third-order valence-corrected chi connectivity index (χ3v) is 7.51. The van der Waals surface area contributed by atoms with Gasteiger partial charge in [-0.2, -0.15) is 5.10 Å². The summed E-state index contributed by atoms with van der Waals surface area (Å²) in [6.07, 6.45) is 5.93. The summed E-state index contributed by atoms with van der Waals surface area (Å²) in [4.78, 5) is 18.7. The van der Waals surface area contributed by atoms with Gasteiger partial charge in [0.1, 0.15) is 0 Å². The van der Waals surface area contributed by atoms with Crippen molar-refractivity contribution in [1.29, 1.82) is 0 Å². The van der Waals surface area contributed by atoms with Crippen molar-refractivity contribution in [2.24, 2.45) is 0 Å². The van der Waals surface area contributed by atoms with E-state index in [0.29, 0.717) is 5.56 Å². The molecule has 37 heavy (non-hydrogen) atoms. The number of pyridine rings is 1. The second kappa shape index (κ2) is 9.66. The second-order valence-electron chi connectivity index (χ2n) is 9.76. The molecule has 0 fully saturated rings. The molecule has 0 bridgehead atoms. The fraction of sp³-hybridized carbons (Fsp3) is 0.219. The van der Waals surface area contributed by atoms with E-state index >= 15 is 0 Å². The molecule has 5 aromatic rings. The van der Waals surface area contributed by atoms with E-state index in [1.54, 1.807) is 0 Å². The summed E-state index contributed by atoms with van der Waals surface area (Å²) in [6.45, 7) is 4.20. The van der Waals surface area contributed by atoms with E-state index in [9.17, 15) is 4.79 Å². The molecule has 0 saturated carbocycles. The van der Waals surface area contributed by atoms with Crippen molar-refractivity contribution < 1.29 is 4.79 Å². The molecule has 1 aliphatic carbocycles. The first-order chi connectivity index (χ1) is 18.1. The summed E-state index contributed by atoms with van der Waals surface area (Å²) in [7, 11) is 0. The number of para-hydroxylation sites is 1. The third kappa shape index (κ3) is 4.31. The number of carbonyl (C=O) groups is 1. The van der Waals surface area contributed by atoms with Crippen molar-refractivity contribution in [2.45, 2.75) is 45.6 Å². The number of aromatic nitrogens is 3. The van der Waals surface area contributed by atoms with Crippen LogP contribution in [0.1, 0.15) is 58.5 Å². The Morgan fingerprint density at radius 2 is 1.81 bits per heavy atom. The number of rotatable bonds is 5. The van der Waals surface area contributed by atoms with Crippen molar-refractivity contribution in [3.8, 4) is 16.9 Å². The van der Waals surface area contributed by atoms with E-state index in [2.05, 4.69) is 65.9 Å². The molecule has 1 N–H and O–H groups in total. The van der Waals surface area contributed by atoms with E-state index < -0.39 is 0 Å². The second-order valence-corrected chi connectivity index (χ2v) is 9.76. The number of nitrogens with zero attached hydrogens (tertiary/aromatic N) is 3. The molecule has 1 atom stereocenters. The van der Waals surface area contributed by atoms with Crippen molar-refractivity contribution in [2.75, 3.05) is 0 Å². The SMILES string of the molecule is CCc1ccc(-n2ncc(-c3cc(C(=O)N[C@H]4CCCc5ccccc54)c4ccccc4n3)c2C)cc1. The van der Waals surface area contributed by atoms with Crippen molar-refractivity contribution in [3.63, 3.8) is 0 Å². The van der Waals surface area contributed by atoms with Crippen LogP contribution in [0.4, 0.5) is 0 Å². The molecular formula is C32H30N4O. The fourth-order valence-electron chi connectivity index (χ4n) is 5.44. The Hall–Kier alpha value is -4.25. The zero-order valence-electron chi connectivity index (χ0n) is 21.2. The van der Waals surface area contributed by atoms with Gasteiger partial charge >= 0.3 is 0 Å². The van der Waals surface area contributed by atoms with Gasteiger partial charge in [0, 0.05) is 10.9 Å². The van der Waals surface area contributed by atoms with Crippen LogP contribution in [0.25, 0.3) is 27.8 Å². The highest BCUT2D eigenvalue weighted by Gasteiger charge is 2.24. The van der Waals surface area contributed by atoms with E-state index in [4.69, 9.17) is 4.98 Å². The zero-order valence-corrected chi connectivity index (χ0v) is 21.2. The highest BCUT2D eigenvalue weighted by Crippen LogP contribution is 2.32. The van der Waals surface area contributed by atoms with Gasteiger partial charge in [-0.1, -0.05) is 61.5 Å². The van der Waals surface area contributed by atoms with Crippen LogP contribution < -0.4 is 5.32 Å². The van der Waals surface area contributed by atoms with Gasteiger partial charge in [-0.05, 0) is 73.6 Å². The zero-order chi connectivity index (χ0) is 25.4. The minimum Gasteiger partial charge on any atom is -0.345 e. The number of nitrogens with one attached hydrogen (secondary N) is 1. The molecule has 2 aromatic heterocycles. The Kier molecular flexibility index (Phi) is 6.05. The van der Waals surface area contributed by atoms with E-state index in [1.807, 2.05) is 48.1 Å². The maximum atomic E-state index is 13.7. The highest BCUT2D eigenvalue weighted by atomic mass is 16.1. The predicted molar refractivity (Wildman–Crippen MR) is 148 cm³/mol. The van der Waals surface area contributed by atoms with E-state index in [0.717, 1.165) is 59.2 Å². The smallest absolute Gasteiger partial charge is 0.252 e.